The third-order valence-corrected chi connectivity index (χ3v) is 2.72. The van der Waals surface area contributed by atoms with Crippen molar-refractivity contribution in [2.45, 2.75) is 38.5 Å². The maximum atomic E-state index is 10.3. The molecule has 3 heteroatoms. The van der Waals surface area contributed by atoms with Crippen molar-refractivity contribution in [2.75, 3.05) is 0 Å². The molecule has 0 fully saturated rings. The van der Waals surface area contributed by atoms with Gasteiger partial charge < -0.3 is 10.2 Å². The maximum Gasteiger partial charge on any atom is 0.303 e. The standard InChI is InChI=1S/C13H18O3/c1-10(5-2-3-8-13(15)16)11-6-4-7-12(14)9-11/h4,6-7,9-10,14H,2-3,5,8H2,1H3,(H,15,16). The minimum absolute atomic E-state index is 0.243. The fourth-order valence-electron chi connectivity index (χ4n) is 1.72. The largest absolute Gasteiger partial charge is 0.508 e. The first-order valence-corrected chi connectivity index (χ1v) is 5.60. The zero-order valence-electron chi connectivity index (χ0n) is 9.52. The first-order valence-electron chi connectivity index (χ1n) is 5.60. The Hall–Kier alpha value is -1.51. The molecule has 0 aliphatic heterocycles. The van der Waals surface area contributed by atoms with Crippen LogP contribution < -0.4 is 0 Å². The zero-order valence-corrected chi connectivity index (χ0v) is 9.52. The number of aliphatic carboxylic acids is 1. The second-order valence-electron chi connectivity index (χ2n) is 4.14. The monoisotopic (exact) mass is 222 g/mol. The normalized spacial score (nSPS) is 12.3. The molecular formula is C13H18O3. The summed E-state index contributed by atoms with van der Waals surface area (Å²) in [6.45, 7) is 2.09. The minimum atomic E-state index is -0.731. The fraction of sp³-hybridized carbons (Fsp3) is 0.462. The second kappa shape index (κ2) is 6.16. The Morgan fingerprint density at radius 2 is 2.12 bits per heavy atom. The van der Waals surface area contributed by atoms with E-state index in [1.807, 2.05) is 12.1 Å². The summed E-state index contributed by atoms with van der Waals surface area (Å²) in [6.07, 6.45) is 2.82. The molecule has 0 bridgehead atoms. The van der Waals surface area contributed by atoms with Crippen LogP contribution in [0.25, 0.3) is 0 Å². The van der Waals surface area contributed by atoms with Crippen LogP contribution in [0.4, 0.5) is 0 Å². The van der Waals surface area contributed by atoms with Gasteiger partial charge in [-0.05, 0) is 36.5 Å². The van der Waals surface area contributed by atoms with E-state index in [9.17, 15) is 9.90 Å². The van der Waals surface area contributed by atoms with E-state index in [1.54, 1.807) is 12.1 Å². The van der Waals surface area contributed by atoms with Gasteiger partial charge in [-0.3, -0.25) is 4.79 Å². The summed E-state index contributed by atoms with van der Waals surface area (Å²) in [4.78, 5) is 10.3. The lowest BCUT2D eigenvalue weighted by molar-refractivity contribution is -0.137. The van der Waals surface area contributed by atoms with E-state index in [1.165, 1.54) is 0 Å². The van der Waals surface area contributed by atoms with Gasteiger partial charge in [0.05, 0.1) is 0 Å². The molecule has 1 unspecified atom stereocenters. The Kier molecular flexibility index (Phi) is 4.83. The molecule has 16 heavy (non-hydrogen) atoms. The number of carboxylic acid groups (broad SMARTS) is 1. The molecule has 2 N–H and O–H groups in total. The minimum Gasteiger partial charge on any atom is -0.508 e. The summed E-state index contributed by atoms with van der Waals surface area (Å²) in [6, 6.07) is 7.24. The van der Waals surface area contributed by atoms with Crippen LogP contribution in [0.15, 0.2) is 24.3 Å². The Morgan fingerprint density at radius 3 is 2.75 bits per heavy atom. The highest BCUT2D eigenvalue weighted by molar-refractivity contribution is 5.66. The topological polar surface area (TPSA) is 57.5 Å². The first kappa shape index (κ1) is 12.6. The van der Waals surface area contributed by atoms with Crippen LogP contribution in [-0.2, 0) is 4.79 Å². The van der Waals surface area contributed by atoms with E-state index < -0.39 is 5.97 Å². The smallest absolute Gasteiger partial charge is 0.303 e. The van der Waals surface area contributed by atoms with E-state index in [0.717, 1.165) is 24.8 Å². The second-order valence-corrected chi connectivity index (χ2v) is 4.14. The first-order chi connectivity index (χ1) is 7.59. The number of benzene rings is 1. The SMILES string of the molecule is CC(CCCCC(=O)O)c1cccc(O)c1. The van der Waals surface area contributed by atoms with Gasteiger partial charge in [-0.2, -0.15) is 0 Å². The van der Waals surface area contributed by atoms with Gasteiger partial charge in [0.25, 0.3) is 0 Å². The summed E-state index contributed by atoms with van der Waals surface area (Å²) in [5.74, 6) is -0.0826. The van der Waals surface area contributed by atoms with E-state index in [2.05, 4.69) is 6.92 Å². The third kappa shape index (κ3) is 4.34. The molecule has 0 aromatic heterocycles. The predicted octanol–water partition coefficient (Wildman–Crippen LogP) is 3.14. The van der Waals surface area contributed by atoms with Crippen molar-refractivity contribution in [3.8, 4) is 5.75 Å². The highest BCUT2D eigenvalue weighted by Gasteiger charge is 2.06. The Morgan fingerprint density at radius 1 is 1.38 bits per heavy atom. The van der Waals surface area contributed by atoms with Gasteiger partial charge >= 0.3 is 5.97 Å². The number of unbranched alkanes of at least 4 members (excludes halogenated alkanes) is 1. The van der Waals surface area contributed by atoms with Crippen LogP contribution in [0.5, 0.6) is 5.75 Å². The maximum absolute atomic E-state index is 10.3. The lowest BCUT2D eigenvalue weighted by Gasteiger charge is -2.11. The van der Waals surface area contributed by atoms with Crippen LogP contribution in [-0.4, -0.2) is 16.2 Å². The number of carboxylic acids is 1. The molecule has 3 nitrogen and oxygen atoms in total. The molecule has 0 amide bonds. The van der Waals surface area contributed by atoms with Crippen molar-refractivity contribution in [1.82, 2.24) is 0 Å². The Labute approximate surface area is 95.7 Å². The average Bonchev–Trinajstić information content (AvgIpc) is 2.24. The van der Waals surface area contributed by atoms with Crippen molar-refractivity contribution in [1.29, 1.82) is 0 Å². The van der Waals surface area contributed by atoms with Crippen molar-refractivity contribution >= 4 is 5.97 Å². The molecule has 0 radical (unpaired) electrons. The van der Waals surface area contributed by atoms with Gasteiger partial charge in [-0.25, -0.2) is 0 Å². The van der Waals surface area contributed by atoms with E-state index in [-0.39, 0.29) is 12.2 Å². The highest BCUT2D eigenvalue weighted by atomic mass is 16.4. The number of hydrogen-bond acceptors (Lipinski definition) is 2. The molecule has 1 aromatic carbocycles. The van der Waals surface area contributed by atoms with Crippen molar-refractivity contribution in [2.24, 2.45) is 0 Å². The van der Waals surface area contributed by atoms with Gasteiger partial charge in [0.1, 0.15) is 5.75 Å². The molecule has 1 atom stereocenters. The number of phenols is 1. The zero-order chi connectivity index (χ0) is 12.0. The molecule has 0 heterocycles. The Balaban J connectivity index is 2.35. The van der Waals surface area contributed by atoms with Gasteiger partial charge in [0, 0.05) is 6.42 Å². The summed E-state index contributed by atoms with van der Waals surface area (Å²) in [5.41, 5.74) is 1.11. The van der Waals surface area contributed by atoms with Crippen molar-refractivity contribution < 1.29 is 15.0 Å². The number of rotatable bonds is 6. The van der Waals surface area contributed by atoms with Crippen LogP contribution in [0, 0.1) is 0 Å². The average molecular weight is 222 g/mol. The molecule has 0 spiro atoms. The molecule has 0 aliphatic rings. The van der Waals surface area contributed by atoms with E-state index in [0.29, 0.717) is 5.92 Å². The highest BCUT2D eigenvalue weighted by Crippen LogP contribution is 2.24. The van der Waals surface area contributed by atoms with Crippen molar-refractivity contribution in [3.63, 3.8) is 0 Å². The predicted molar refractivity (Wildman–Crippen MR) is 62.6 cm³/mol. The van der Waals surface area contributed by atoms with Crippen LogP contribution in [0.2, 0.25) is 0 Å². The van der Waals surface area contributed by atoms with Crippen LogP contribution in [0.1, 0.15) is 44.1 Å². The molecule has 88 valence electrons. The number of carbonyl (C=O) groups is 1. The molecular weight excluding hydrogens is 204 g/mol. The molecule has 0 aliphatic carbocycles. The molecule has 1 aromatic rings. The van der Waals surface area contributed by atoms with Crippen molar-refractivity contribution in [3.05, 3.63) is 29.8 Å². The van der Waals surface area contributed by atoms with Gasteiger partial charge in [0.2, 0.25) is 0 Å². The number of hydrogen-bond donors (Lipinski definition) is 2. The van der Waals surface area contributed by atoms with E-state index >= 15 is 0 Å². The summed E-state index contributed by atoms with van der Waals surface area (Å²) in [5, 5.41) is 17.8. The number of aromatic hydroxyl groups is 1. The summed E-state index contributed by atoms with van der Waals surface area (Å²) >= 11 is 0. The molecule has 0 saturated carbocycles. The van der Waals surface area contributed by atoms with Crippen LogP contribution in [0.3, 0.4) is 0 Å². The summed E-state index contributed by atoms with van der Waals surface area (Å²) < 4.78 is 0. The Bertz CT molecular complexity index is 347. The van der Waals surface area contributed by atoms with Gasteiger partial charge in [-0.15, -0.1) is 0 Å². The lowest BCUT2D eigenvalue weighted by atomic mass is 9.95. The number of phenolic OH excluding ortho intramolecular Hbond substituents is 1. The van der Waals surface area contributed by atoms with Gasteiger partial charge in [-0.1, -0.05) is 25.5 Å². The van der Waals surface area contributed by atoms with Crippen LogP contribution >= 0.6 is 0 Å². The van der Waals surface area contributed by atoms with E-state index in [4.69, 9.17) is 5.11 Å². The molecule has 0 saturated heterocycles. The van der Waals surface area contributed by atoms with Gasteiger partial charge in [0.15, 0.2) is 0 Å². The molecule has 1 rings (SSSR count). The third-order valence-electron chi connectivity index (χ3n) is 2.72. The summed E-state index contributed by atoms with van der Waals surface area (Å²) in [7, 11) is 0. The fourth-order valence-corrected chi connectivity index (χ4v) is 1.72. The quantitative estimate of drug-likeness (QED) is 0.727. The lowest BCUT2D eigenvalue weighted by Crippen LogP contribution is -1.97.